The van der Waals surface area contributed by atoms with Crippen LogP contribution in [0.2, 0.25) is 0 Å². The maximum atomic E-state index is 11.5. The Kier molecular flexibility index (Phi) is 6.28. The third-order valence-corrected chi connectivity index (χ3v) is 2.28. The van der Waals surface area contributed by atoms with E-state index in [1.165, 1.54) is 0 Å². The fraction of sp³-hybridized carbons (Fsp3) is 0.900. The minimum Gasteiger partial charge on any atom is -0.383 e. The van der Waals surface area contributed by atoms with E-state index in [0.717, 1.165) is 0 Å². The zero-order valence-corrected chi connectivity index (χ0v) is 9.83. The predicted molar refractivity (Wildman–Crippen MR) is 57.3 cm³/mol. The number of nitrogens with one attached hydrogen (secondary N) is 1. The van der Waals surface area contributed by atoms with E-state index in [2.05, 4.69) is 19.2 Å². The van der Waals surface area contributed by atoms with Crippen LogP contribution in [0.4, 0.5) is 4.79 Å². The molecule has 0 radical (unpaired) electrons. The maximum Gasteiger partial charge on any atom is 0.317 e. The molecule has 84 valence electrons. The second kappa shape index (κ2) is 6.65. The SMILES string of the molecule is CCN(C)C(=O)NC(COC)C(C)C. The molecule has 0 saturated heterocycles. The van der Waals surface area contributed by atoms with Crippen molar-refractivity contribution in [2.45, 2.75) is 26.8 Å². The van der Waals surface area contributed by atoms with Crippen molar-refractivity contribution in [3.8, 4) is 0 Å². The first-order valence-corrected chi connectivity index (χ1v) is 5.03. The van der Waals surface area contributed by atoms with Gasteiger partial charge in [-0.2, -0.15) is 0 Å². The van der Waals surface area contributed by atoms with Crippen LogP contribution in [0.25, 0.3) is 0 Å². The highest BCUT2D eigenvalue weighted by atomic mass is 16.5. The molecule has 0 aromatic rings. The average molecular weight is 202 g/mol. The molecule has 0 bridgehead atoms. The van der Waals surface area contributed by atoms with Gasteiger partial charge in [-0.15, -0.1) is 0 Å². The Morgan fingerprint density at radius 3 is 2.43 bits per heavy atom. The summed E-state index contributed by atoms with van der Waals surface area (Å²) >= 11 is 0. The molecule has 4 nitrogen and oxygen atoms in total. The zero-order valence-electron chi connectivity index (χ0n) is 9.83. The van der Waals surface area contributed by atoms with Gasteiger partial charge in [0.05, 0.1) is 12.6 Å². The van der Waals surface area contributed by atoms with Crippen LogP contribution in [0.1, 0.15) is 20.8 Å². The van der Waals surface area contributed by atoms with Crippen molar-refractivity contribution in [1.82, 2.24) is 10.2 Å². The summed E-state index contributed by atoms with van der Waals surface area (Å²) < 4.78 is 5.05. The van der Waals surface area contributed by atoms with Crippen molar-refractivity contribution in [3.63, 3.8) is 0 Å². The number of carbonyl (C=O) groups excluding carboxylic acids is 1. The van der Waals surface area contributed by atoms with Gasteiger partial charge in [0.1, 0.15) is 0 Å². The summed E-state index contributed by atoms with van der Waals surface area (Å²) in [5, 5.41) is 2.93. The van der Waals surface area contributed by atoms with Crippen LogP contribution < -0.4 is 5.32 Å². The number of ether oxygens (including phenoxy) is 1. The lowest BCUT2D eigenvalue weighted by Crippen LogP contribution is -2.47. The summed E-state index contributed by atoms with van der Waals surface area (Å²) in [7, 11) is 3.42. The van der Waals surface area contributed by atoms with Gasteiger partial charge in [0, 0.05) is 20.7 Å². The van der Waals surface area contributed by atoms with Gasteiger partial charge >= 0.3 is 6.03 Å². The lowest BCUT2D eigenvalue weighted by molar-refractivity contribution is 0.141. The van der Waals surface area contributed by atoms with Crippen molar-refractivity contribution >= 4 is 6.03 Å². The third kappa shape index (κ3) is 4.46. The molecular weight excluding hydrogens is 180 g/mol. The van der Waals surface area contributed by atoms with Gasteiger partial charge in [-0.3, -0.25) is 0 Å². The number of carbonyl (C=O) groups is 1. The van der Waals surface area contributed by atoms with E-state index >= 15 is 0 Å². The predicted octanol–water partition coefficient (Wildman–Crippen LogP) is 1.32. The summed E-state index contributed by atoms with van der Waals surface area (Å²) in [4.78, 5) is 13.2. The molecule has 1 N–H and O–H groups in total. The highest BCUT2D eigenvalue weighted by molar-refractivity contribution is 5.74. The molecule has 0 heterocycles. The molecule has 0 aliphatic heterocycles. The lowest BCUT2D eigenvalue weighted by atomic mass is 10.1. The minimum absolute atomic E-state index is 0.0387. The second-order valence-corrected chi connectivity index (χ2v) is 3.77. The number of rotatable bonds is 5. The standard InChI is InChI=1S/C10H22N2O2/c1-6-12(4)10(13)11-9(7-14-5)8(2)3/h8-9H,6-7H2,1-5H3,(H,11,13). The fourth-order valence-electron chi connectivity index (χ4n) is 0.993. The zero-order chi connectivity index (χ0) is 11.1. The van der Waals surface area contributed by atoms with Crippen molar-refractivity contribution in [2.24, 2.45) is 5.92 Å². The maximum absolute atomic E-state index is 11.5. The van der Waals surface area contributed by atoms with Crippen molar-refractivity contribution in [2.75, 3.05) is 27.3 Å². The van der Waals surface area contributed by atoms with E-state index in [9.17, 15) is 4.79 Å². The third-order valence-electron chi connectivity index (χ3n) is 2.28. The summed E-state index contributed by atoms with van der Waals surface area (Å²) in [5.41, 5.74) is 0. The second-order valence-electron chi connectivity index (χ2n) is 3.77. The summed E-state index contributed by atoms with van der Waals surface area (Å²) in [6.07, 6.45) is 0. The first-order valence-electron chi connectivity index (χ1n) is 5.03. The number of hydrogen-bond acceptors (Lipinski definition) is 2. The van der Waals surface area contributed by atoms with Crippen LogP contribution in [-0.4, -0.2) is 44.3 Å². The molecule has 4 heteroatoms. The molecule has 14 heavy (non-hydrogen) atoms. The normalized spacial score (nSPS) is 12.7. The molecule has 0 rings (SSSR count). The van der Waals surface area contributed by atoms with Crippen molar-refractivity contribution < 1.29 is 9.53 Å². The number of urea groups is 1. The number of amides is 2. The van der Waals surface area contributed by atoms with Crippen molar-refractivity contribution in [1.29, 1.82) is 0 Å². The summed E-state index contributed by atoms with van der Waals surface area (Å²) in [6.45, 7) is 7.34. The summed E-state index contributed by atoms with van der Waals surface area (Å²) in [5.74, 6) is 0.379. The van der Waals surface area contributed by atoms with E-state index in [1.54, 1.807) is 19.1 Å². The quantitative estimate of drug-likeness (QED) is 0.730. The first-order chi connectivity index (χ1) is 6.52. The van der Waals surface area contributed by atoms with Gasteiger partial charge in [-0.05, 0) is 12.8 Å². The number of methoxy groups -OCH3 is 1. The Labute approximate surface area is 86.6 Å². The fourth-order valence-corrected chi connectivity index (χ4v) is 0.993. The Bertz CT molecular complexity index is 172. The lowest BCUT2D eigenvalue weighted by Gasteiger charge is -2.24. The van der Waals surface area contributed by atoms with Gasteiger partial charge in [-0.25, -0.2) is 4.79 Å². The monoisotopic (exact) mass is 202 g/mol. The number of hydrogen-bond donors (Lipinski definition) is 1. The van der Waals surface area contributed by atoms with Gasteiger partial charge < -0.3 is 15.0 Å². The van der Waals surface area contributed by atoms with Crippen LogP contribution in [0.15, 0.2) is 0 Å². The molecule has 0 aromatic heterocycles. The molecule has 2 amide bonds. The topological polar surface area (TPSA) is 41.6 Å². The molecule has 0 saturated carbocycles. The largest absolute Gasteiger partial charge is 0.383 e. The molecule has 0 aromatic carbocycles. The van der Waals surface area contributed by atoms with Gasteiger partial charge in [0.25, 0.3) is 0 Å². The van der Waals surface area contributed by atoms with Crippen LogP contribution in [-0.2, 0) is 4.74 Å². The molecule has 0 spiro atoms. The van der Waals surface area contributed by atoms with Gasteiger partial charge in [0.15, 0.2) is 0 Å². The molecular formula is C10H22N2O2. The molecule has 1 atom stereocenters. The Morgan fingerprint density at radius 2 is 2.07 bits per heavy atom. The van der Waals surface area contributed by atoms with E-state index in [-0.39, 0.29) is 12.1 Å². The van der Waals surface area contributed by atoms with Crippen LogP contribution >= 0.6 is 0 Å². The number of nitrogens with zero attached hydrogens (tertiary/aromatic N) is 1. The molecule has 0 aliphatic carbocycles. The Morgan fingerprint density at radius 1 is 1.50 bits per heavy atom. The average Bonchev–Trinajstić information content (AvgIpc) is 2.15. The van der Waals surface area contributed by atoms with E-state index in [1.807, 2.05) is 6.92 Å². The Balaban J connectivity index is 4.08. The molecule has 0 fully saturated rings. The Hall–Kier alpha value is -0.770. The van der Waals surface area contributed by atoms with E-state index < -0.39 is 0 Å². The molecule has 0 aliphatic rings. The first kappa shape index (κ1) is 13.2. The van der Waals surface area contributed by atoms with Gasteiger partial charge in [0.2, 0.25) is 0 Å². The van der Waals surface area contributed by atoms with Gasteiger partial charge in [-0.1, -0.05) is 13.8 Å². The van der Waals surface area contributed by atoms with Crippen LogP contribution in [0.5, 0.6) is 0 Å². The minimum atomic E-state index is -0.0387. The van der Waals surface area contributed by atoms with Crippen LogP contribution in [0.3, 0.4) is 0 Å². The smallest absolute Gasteiger partial charge is 0.317 e. The molecule has 1 unspecified atom stereocenters. The highest BCUT2D eigenvalue weighted by Crippen LogP contribution is 2.02. The highest BCUT2D eigenvalue weighted by Gasteiger charge is 2.17. The van der Waals surface area contributed by atoms with Crippen LogP contribution in [0, 0.1) is 5.92 Å². The van der Waals surface area contributed by atoms with E-state index in [4.69, 9.17) is 4.74 Å². The van der Waals surface area contributed by atoms with Crippen molar-refractivity contribution in [3.05, 3.63) is 0 Å². The summed E-state index contributed by atoms with van der Waals surface area (Å²) in [6, 6.07) is 0.0461. The van der Waals surface area contributed by atoms with E-state index in [0.29, 0.717) is 19.1 Å².